The Morgan fingerprint density at radius 2 is 1.93 bits per heavy atom. The number of carbonyl (C=O) groups is 1. The molecule has 3 rings (SSSR count). The highest BCUT2D eigenvalue weighted by molar-refractivity contribution is 9.10. The summed E-state index contributed by atoms with van der Waals surface area (Å²) in [6, 6.07) is 6.80. The summed E-state index contributed by atoms with van der Waals surface area (Å²) in [5.74, 6) is -0.220. The molecule has 5 nitrogen and oxygen atoms in total. The molecule has 28 heavy (non-hydrogen) atoms. The van der Waals surface area contributed by atoms with Crippen LogP contribution in [0.2, 0.25) is 0 Å². The standard InChI is InChI=1S/C18H16BrF3N2O3S/c1-10-6-12-7-15(19)17(9-16(12)24(10)11(2)25)28(26,27)23-14-5-3-4-13(8-14)18(20,21)22/h3-5,7-10,23H,6H2,1-2H3/t10-/m1/s1. The highest BCUT2D eigenvalue weighted by Crippen LogP contribution is 2.38. The number of amides is 1. The molecular weight excluding hydrogens is 461 g/mol. The number of benzene rings is 2. The van der Waals surface area contributed by atoms with E-state index in [2.05, 4.69) is 20.7 Å². The Bertz CT molecular complexity index is 1050. The number of hydrogen-bond acceptors (Lipinski definition) is 3. The lowest BCUT2D eigenvalue weighted by Gasteiger charge is -2.21. The molecule has 0 bridgehead atoms. The number of nitrogens with one attached hydrogen (secondary N) is 1. The minimum absolute atomic E-state index is 0.117. The third-order valence-corrected chi connectivity index (χ3v) is 6.76. The molecule has 0 saturated heterocycles. The number of sulfonamides is 1. The molecule has 0 radical (unpaired) electrons. The van der Waals surface area contributed by atoms with Gasteiger partial charge in [0.15, 0.2) is 0 Å². The molecule has 2 aromatic carbocycles. The van der Waals surface area contributed by atoms with Crippen LogP contribution in [-0.4, -0.2) is 20.4 Å². The summed E-state index contributed by atoms with van der Waals surface area (Å²) in [5.41, 5.74) is 0.122. The predicted molar refractivity (Wildman–Crippen MR) is 103 cm³/mol. The zero-order valence-electron chi connectivity index (χ0n) is 14.8. The van der Waals surface area contributed by atoms with Gasteiger partial charge in [-0.3, -0.25) is 9.52 Å². The van der Waals surface area contributed by atoms with Gasteiger partial charge in [-0.1, -0.05) is 6.07 Å². The molecule has 1 amide bonds. The molecule has 1 atom stereocenters. The summed E-state index contributed by atoms with van der Waals surface area (Å²) < 4.78 is 66.7. The molecule has 1 aliphatic rings. The van der Waals surface area contributed by atoms with E-state index >= 15 is 0 Å². The van der Waals surface area contributed by atoms with E-state index in [0.717, 1.165) is 23.8 Å². The number of fused-ring (bicyclic) bond motifs is 1. The van der Waals surface area contributed by atoms with Crippen molar-refractivity contribution in [3.63, 3.8) is 0 Å². The minimum Gasteiger partial charge on any atom is -0.309 e. The number of carbonyl (C=O) groups excluding carboxylic acids is 1. The Morgan fingerprint density at radius 1 is 1.25 bits per heavy atom. The quantitative estimate of drug-likeness (QED) is 0.705. The Morgan fingerprint density at radius 3 is 2.54 bits per heavy atom. The molecule has 0 aromatic heterocycles. The first-order valence-corrected chi connectivity index (χ1v) is 10.5. The van der Waals surface area contributed by atoms with Crippen LogP contribution in [-0.2, 0) is 27.4 Å². The lowest BCUT2D eigenvalue weighted by molar-refractivity contribution is -0.137. The third kappa shape index (κ3) is 3.88. The normalized spacial score (nSPS) is 16.8. The number of rotatable bonds is 3. The van der Waals surface area contributed by atoms with Crippen LogP contribution in [0.4, 0.5) is 24.5 Å². The lowest BCUT2D eigenvalue weighted by atomic mass is 10.1. The first kappa shape index (κ1) is 20.7. The molecule has 10 heteroatoms. The van der Waals surface area contributed by atoms with Gasteiger partial charge in [0.2, 0.25) is 5.91 Å². The second kappa shape index (κ2) is 7.07. The van der Waals surface area contributed by atoms with E-state index in [9.17, 15) is 26.4 Å². The minimum atomic E-state index is -4.59. The second-order valence-electron chi connectivity index (χ2n) is 6.54. The molecule has 0 saturated carbocycles. The first-order chi connectivity index (χ1) is 12.9. The van der Waals surface area contributed by atoms with Gasteiger partial charge in [-0.15, -0.1) is 0 Å². The maximum Gasteiger partial charge on any atom is 0.416 e. The zero-order chi connectivity index (χ0) is 20.9. The van der Waals surface area contributed by atoms with Crippen molar-refractivity contribution in [2.24, 2.45) is 0 Å². The number of anilines is 2. The average Bonchev–Trinajstić information content (AvgIpc) is 2.87. The number of halogens is 4. The Balaban J connectivity index is 2.01. The third-order valence-electron chi connectivity index (χ3n) is 4.42. The predicted octanol–water partition coefficient (Wildman–Crippen LogP) is 4.57. The maximum absolute atomic E-state index is 12.9. The van der Waals surface area contributed by atoms with Crippen molar-refractivity contribution >= 4 is 43.2 Å². The molecule has 0 unspecified atom stereocenters. The summed E-state index contributed by atoms with van der Waals surface area (Å²) in [5, 5.41) is 0. The average molecular weight is 477 g/mol. The molecule has 1 aliphatic heterocycles. The van der Waals surface area contributed by atoms with Gasteiger partial charge < -0.3 is 4.90 Å². The fourth-order valence-corrected chi connectivity index (χ4v) is 5.43. The van der Waals surface area contributed by atoms with E-state index in [1.54, 1.807) is 6.07 Å². The second-order valence-corrected chi connectivity index (χ2v) is 9.04. The van der Waals surface area contributed by atoms with Crippen LogP contribution in [0.1, 0.15) is 25.0 Å². The van der Waals surface area contributed by atoms with Gasteiger partial charge in [0.05, 0.1) is 5.56 Å². The molecule has 0 aliphatic carbocycles. The number of hydrogen-bond donors (Lipinski definition) is 1. The summed E-state index contributed by atoms with van der Waals surface area (Å²) >= 11 is 3.22. The SMILES string of the molecule is CC(=O)N1c2cc(S(=O)(=O)Nc3cccc(C(F)(F)F)c3)c(Br)cc2C[C@H]1C. The number of nitrogens with zero attached hydrogens (tertiary/aromatic N) is 1. The van der Waals surface area contributed by atoms with E-state index in [1.165, 1.54) is 24.0 Å². The van der Waals surface area contributed by atoms with Crippen molar-refractivity contribution in [1.29, 1.82) is 0 Å². The molecule has 1 heterocycles. The Hall–Kier alpha value is -2.07. The summed E-state index contributed by atoms with van der Waals surface area (Å²) in [7, 11) is -4.20. The Kier molecular flexibility index (Phi) is 5.22. The van der Waals surface area contributed by atoms with Crippen molar-refractivity contribution in [1.82, 2.24) is 0 Å². The summed E-state index contributed by atoms with van der Waals surface area (Å²) in [4.78, 5) is 13.3. The van der Waals surface area contributed by atoms with Crippen LogP contribution in [0.3, 0.4) is 0 Å². The van der Waals surface area contributed by atoms with Crippen molar-refractivity contribution < 1.29 is 26.4 Å². The van der Waals surface area contributed by atoms with E-state index in [-0.39, 0.29) is 27.0 Å². The fourth-order valence-electron chi connectivity index (χ4n) is 3.27. The van der Waals surface area contributed by atoms with E-state index in [4.69, 9.17) is 0 Å². The van der Waals surface area contributed by atoms with Gasteiger partial charge in [0.25, 0.3) is 10.0 Å². The Labute approximate surface area is 168 Å². The van der Waals surface area contributed by atoms with Gasteiger partial charge >= 0.3 is 6.18 Å². The molecule has 150 valence electrons. The summed E-state index contributed by atoms with van der Waals surface area (Å²) in [6.45, 7) is 3.24. The van der Waals surface area contributed by atoms with E-state index in [1.807, 2.05) is 6.92 Å². The van der Waals surface area contributed by atoms with Gasteiger partial charge in [-0.2, -0.15) is 13.2 Å². The van der Waals surface area contributed by atoms with Gasteiger partial charge in [0, 0.05) is 28.8 Å². The summed E-state index contributed by atoms with van der Waals surface area (Å²) in [6.07, 6.45) is -4.01. The van der Waals surface area contributed by atoms with Crippen molar-refractivity contribution in [2.45, 2.75) is 37.4 Å². The highest BCUT2D eigenvalue weighted by atomic mass is 79.9. The smallest absolute Gasteiger partial charge is 0.309 e. The molecule has 0 spiro atoms. The van der Waals surface area contributed by atoms with Gasteiger partial charge in [-0.05, 0) is 65.2 Å². The maximum atomic E-state index is 12.9. The van der Waals surface area contributed by atoms with Gasteiger partial charge in [-0.25, -0.2) is 8.42 Å². The van der Waals surface area contributed by atoms with Crippen LogP contribution >= 0.6 is 15.9 Å². The van der Waals surface area contributed by atoms with Crippen molar-refractivity contribution in [2.75, 3.05) is 9.62 Å². The largest absolute Gasteiger partial charge is 0.416 e. The molecule has 2 aromatic rings. The van der Waals surface area contributed by atoms with Crippen LogP contribution in [0, 0.1) is 0 Å². The lowest BCUT2D eigenvalue weighted by Crippen LogP contribution is -2.33. The van der Waals surface area contributed by atoms with Crippen LogP contribution in [0.5, 0.6) is 0 Å². The topological polar surface area (TPSA) is 66.5 Å². The molecular formula is C18H16BrF3N2O3S. The van der Waals surface area contributed by atoms with Gasteiger partial charge in [0.1, 0.15) is 4.90 Å². The fraction of sp³-hybridized carbons (Fsp3) is 0.278. The molecule has 0 fully saturated rings. The highest BCUT2D eigenvalue weighted by Gasteiger charge is 2.33. The van der Waals surface area contributed by atoms with Crippen LogP contribution in [0.15, 0.2) is 45.8 Å². The van der Waals surface area contributed by atoms with Crippen molar-refractivity contribution in [3.05, 3.63) is 52.0 Å². The van der Waals surface area contributed by atoms with E-state index in [0.29, 0.717) is 12.1 Å². The van der Waals surface area contributed by atoms with Crippen molar-refractivity contribution in [3.8, 4) is 0 Å². The van der Waals surface area contributed by atoms with E-state index < -0.39 is 21.8 Å². The van der Waals surface area contributed by atoms with Crippen LogP contribution < -0.4 is 9.62 Å². The zero-order valence-corrected chi connectivity index (χ0v) is 17.2. The van der Waals surface area contributed by atoms with Crippen LogP contribution in [0.25, 0.3) is 0 Å². The first-order valence-electron chi connectivity index (χ1n) is 8.22. The number of alkyl halides is 3. The molecule has 1 N–H and O–H groups in total. The monoisotopic (exact) mass is 476 g/mol.